The van der Waals surface area contributed by atoms with Gasteiger partial charge >= 0.3 is 6.18 Å². The van der Waals surface area contributed by atoms with Crippen molar-refractivity contribution in [1.82, 2.24) is 20.1 Å². The maximum absolute atomic E-state index is 16.4. The fourth-order valence-corrected chi connectivity index (χ4v) is 5.84. The van der Waals surface area contributed by atoms with Gasteiger partial charge in [-0.05, 0) is 68.9 Å². The van der Waals surface area contributed by atoms with Crippen molar-refractivity contribution in [2.75, 3.05) is 20.3 Å². The molecule has 2 amide bonds. The van der Waals surface area contributed by atoms with Crippen molar-refractivity contribution < 1.29 is 46.1 Å². The molecule has 0 saturated heterocycles. The van der Waals surface area contributed by atoms with E-state index in [1.54, 1.807) is 6.07 Å². The van der Waals surface area contributed by atoms with Crippen molar-refractivity contribution in [3.05, 3.63) is 70.5 Å². The summed E-state index contributed by atoms with van der Waals surface area (Å²) in [5.41, 5.74) is 0.613. The number of alkyl halides is 3. The first kappa shape index (κ1) is 33.1. The number of ether oxygens (including phenoxy) is 2. The molecular formula is C33H32F5N5O5. The summed E-state index contributed by atoms with van der Waals surface area (Å²) in [5.74, 6) is -4.98. The number of pyridine rings is 1. The highest BCUT2D eigenvalue weighted by molar-refractivity contribution is 6.00. The lowest BCUT2D eigenvalue weighted by Crippen LogP contribution is -2.44. The number of methoxy groups -OCH3 is 1. The van der Waals surface area contributed by atoms with Gasteiger partial charge in [0.15, 0.2) is 11.6 Å². The number of primary amides is 1. The molecular weight excluding hydrogens is 641 g/mol. The van der Waals surface area contributed by atoms with Crippen LogP contribution in [0.1, 0.15) is 65.8 Å². The highest BCUT2D eigenvalue weighted by atomic mass is 19.4. The molecule has 2 saturated carbocycles. The number of fused-ring (bicyclic) bond motifs is 1. The molecule has 2 fully saturated rings. The van der Waals surface area contributed by atoms with Crippen LogP contribution in [0.15, 0.2) is 36.5 Å². The number of hydrogen-bond donors (Lipinski definition) is 3. The lowest BCUT2D eigenvalue weighted by Gasteiger charge is -2.30. The number of rotatable bonds is 12. The number of halogens is 5. The highest BCUT2D eigenvalue weighted by Gasteiger charge is 2.49. The minimum Gasteiger partial charge on any atom is -0.494 e. The molecule has 4 aromatic rings. The van der Waals surface area contributed by atoms with E-state index in [4.69, 9.17) is 15.2 Å². The SMILES string of the molecule is CCOc1c(-c2ccc(F)c(C(F)(F)F)c2)nc([C@@](O)(CNC(=O)c2cc(OC)c3nn(C4CC4)cc3c2)C2CC2)c(F)c1CC(N)=O. The van der Waals surface area contributed by atoms with Gasteiger partial charge in [0.2, 0.25) is 5.91 Å². The van der Waals surface area contributed by atoms with E-state index in [-0.39, 0.29) is 35.2 Å². The molecule has 2 aliphatic rings. The maximum atomic E-state index is 16.4. The minimum atomic E-state index is -5.08. The monoisotopic (exact) mass is 673 g/mol. The summed E-state index contributed by atoms with van der Waals surface area (Å²) >= 11 is 0. The van der Waals surface area contributed by atoms with Crippen LogP contribution in [0, 0.1) is 17.6 Å². The highest BCUT2D eigenvalue weighted by Crippen LogP contribution is 2.48. The zero-order valence-electron chi connectivity index (χ0n) is 26.0. The van der Waals surface area contributed by atoms with E-state index in [1.807, 2.05) is 10.9 Å². The fourth-order valence-electron chi connectivity index (χ4n) is 5.84. The van der Waals surface area contributed by atoms with Gasteiger partial charge in [-0.3, -0.25) is 14.3 Å². The van der Waals surface area contributed by atoms with Crippen LogP contribution in [0.25, 0.3) is 22.2 Å². The number of aliphatic hydroxyl groups is 1. The average Bonchev–Trinajstić information content (AvgIpc) is 3.98. The second-order valence-electron chi connectivity index (χ2n) is 12.0. The van der Waals surface area contributed by atoms with Crippen molar-refractivity contribution in [3.8, 4) is 22.8 Å². The minimum absolute atomic E-state index is 0.108. The summed E-state index contributed by atoms with van der Waals surface area (Å²) < 4.78 is 84.6. The predicted molar refractivity (Wildman–Crippen MR) is 162 cm³/mol. The third-order valence-electron chi connectivity index (χ3n) is 8.55. The zero-order valence-corrected chi connectivity index (χ0v) is 26.0. The van der Waals surface area contributed by atoms with Gasteiger partial charge in [0, 0.05) is 28.3 Å². The molecule has 2 aromatic heterocycles. The van der Waals surface area contributed by atoms with Crippen LogP contribution in [0.2, 0.25) is 0 Å². The number of nitrogens with zero attached hydrogens (tertiary/aromatic N) is 3. The number of nitrogens with two attached hydrogens (primary N) is 1. The van der Waals surface area contributed by atoms with E-state index in [0.717, 1.165) is 18.9 Å². The summed E-state index contributed by atoms with van der Waals surface area (Å²) in [6, 6.07) is 5.45. The molecule has 2 aliphatic carbocycles. The number of aromatic nitrogens is 3. The van der Waals surface area contributed by atoms with E-state index in [2.05, 4.69) is 15.4 Å². The predicted octanol–water partition coefficient (Wildman–Crippen LogP) is 5.19. The third-order valence-corrected chi connectivity index (χ3v) is 8.55. The Kier molecular flexibility index (Phi) is 8.52. The Bertz CT molecular complexity index is 1920. The van der Waals surface area contributed by atoms with E-state index >= 15 is 4.39 Å². The molecule has 2 aromatic carbocycles. The van der Waals surface area contributed by atoms with E-state index in [1.165, 1.54) is 20.1 Å². The Morgan fingerprint density at radius 3 is 2.46 bits per heavy atom. The van der Waals surface area contributed by atoms with Gasteiger partial charge in [-0.1, -0.05) is 0 Å². The molecule has 0 bridgehead atoms. The van der Waals surface area contributed by atoms with Crippen LogP contribution >= 0.6 is 0 Å². The van der Waals surface area contributed by atoms with Gasteiger partial charge in [0.1, 0.15) is 34.1 Å². The van der Waals surface area contributed by atoms with Crippen molar-refractivity contribution in [2.24, 2.45) is 11.7 Å². The number of amides is 2. The summed E-state index contributed by atoms with van der Waals surface area (Å²) in [7, 11) is 1.44. The van der Waals surface area contributed by atoms with Crippen LogP contribution in [0.4, 0.5) is 22.0 Å². The number of hydrogen-bond acceptors (Lipinski definition) is 7. The van der Waals surface area contributed by atoms with Gasteiger partial charge in [0.25, 0.3) is 5.91 Å². The Hall–Kier alpha value is -4.79. The molecule has 15 heteroatoms. The molecule has 1 atom stereocenters. The van der Waals surface area contributed by atoms with Crippen LogP contribution < -0.4 is 20.5 Å². The smallest absolute Gasteiger partial charge is 0.419 e. The van der Waals surface area contributed by atoms with E-state index < -0.39 is 70.9 Å². The molecule has 254 valence electrons. The molecule has 2 heterocycles. The Balaban J connectivity index is 1.42. The molecule has 10 nitrogen and oxygen atoms in total. The zero-order chi connectivity index (χ0) is 34.5. The third kappa shape index (κ3) is 6.25. The summed E-state index contributed by atoms with van der Waals surface area (Å²) in [6.07, 6.45) is -1.20. The average molecular weight is 674 g/mol. The fraction of sp³-hybridized carbons (Fsp3) is 0.394. The van der Waals surface area contributed by atoms with Crippen molar-refractivity contribution in [3.63, 3.8) is 0 Å². The Morgan fingerprint density at radius 1 is 1.12 bits per heavy atom. The normalized spacial score (nSPS) is 16.1. The number of benzene rings is 2. The van der Waals surface area contributed by atoms with E-state index in [0.29, 0.717) is 41.6 Å². The van der Waals surface area contributed by atoms with Crippen molar-refractivity contribution in [1.29, 1.82) is 0 Å². The lowest BCUT2D eigenvalue weighted by molar-refractivity contribution is -0.140. The first-order valence-corrected chi connectivity index (χ1v) is 15.3. The molecule has 48 heavy (non-hydrogen) atoms. The first-order chi connectivity index (χ1) is 22.7. The second kappa shape index (κ2) is 12.3. The van der Waals surface area contributed by atoms with Gasteiger partial charge in [-0.2, -0.15) is 18.3 Å². The quantitative estimate of drug-likeness (QED) is 0.176. The molecule has 0 unspecified atom stereocenters. The molecule has 0 aliphatic heterocycles. The number of nitrogens with one attached hydrogen (secondary N) is 1. The lowest BCUT2D eigenvalue weighted by atomic mass is 9.89. The molecule has 0 spiro atoms. The number of carbonyl (C=O) groups is 2. The van der Waals surface area contributed by atoms with Crippen molar-refractivity contribution >= 4 is 22.7 Å². The Morgan fingerprint density at radius 2 is 1.85 bits per heavy atom. The van der Waals surface area contributed by atoms with Crippen molar-refractivity contribution in [2.45, 2.75) is 56.8 Å². The first-order valence-electron chi connectivity index (χ1n) is 15.3. The summed E-state index contributed by atoms with van der Waals surface area (Å²) in [5, 5.41) is 19.9. The number of carbonyl (C=O) groups excluding carboxylic acids is 2. The van der Waals surface area contributed by atoms with Gasteiger partial charge < -0.3 is 25.6 Å². The molecule has 6 rings (SSSR count). The standard InChI is InChI=1S/C33H32F5N5O5/c1-3-48-29-21(13-25(39)44)26(35)30(41-28(29)16-4-9-23(34)22(11-16)33(36,37)38)32(46,19-5-6-19)15-40-31(45)17-10-18-14-43(20-7-8-20)42-27(18)24(12-17)47-2/h4,9-12,14,19-20,46H,3,5-8,13,15H2,1-2H3,(H2,39,44)(H,40,45)/t32-/m1/s1. The summed E-state index contributed by atoms with van der Waals surface area (Å²) in [6.45, 7) is 0.862. The van der Waals surface area contributed by atoms with Crippen LogP contribution in [0.3, 0.4) is 0 Å². The van der Waals surface area contributed by atoms with E-state index in [9.17, 15) is 32.3 Å². The van der Waals surface area contributed by atoms with Crippen LogP contribution in [0.5, 0.6) is 11.5 Å². The van der Waals surface area contributed by atoms with Crippen LogP contribution in [-0.4, -0.2) is 51.9 Å². The Labute approximate surface area is 271 Å². The molecule has 0 radical (unpaired) electrons. The summed E-state index contributed by atoms with van der Waals surface area (Å²) in [4.78, 5) is 29.8. The maximum Gasteiger partial charge on any atom is 0.419 e. The van der Waals surface area contributed by atoms with Gasteiger partial charge in [-0.15, -0.1) is 0 Å². The molecule has 4 N–H and O–H groups in total. The van der Waals surface area contributed by atoms with Gasteiger partial charge in [0.05, 0.1) is 38.3 Å². The largest absolute Gasteiger partial charge is 0.494 e. The van der Waals surface area contributed by atoms with Crippen LogP contribution in [-0.2, 0) is 23.0 Å². The second-order valence-corrected chi connectivity index (χ2v) is 12.0. The topological polar surface area (TPSA) is 142 Å². The van der Waals surface area contributed by atoms with Gasteiger partial charge in [-0.25, -0.2) is 13.8 Å².